The Labute approximate surface area is 143 Å². The molecule has 2 rings (SSSR count). The van der Waals surface area contributed by atoms with E-state index < -0.39 is 5.60 Å². The highest BCUT2D eigenvalue weighted by atomic mass is 35.5. The van der Waals surface area contributed by atoms with Crippen molar-refractivity contribution < 1.29 is 9.53 Å². The van der Waals surface area contributed by atoms with E-state index in [-0.39, 0.29) is 12.1 Å². The monoisotopic (exact) mass is 339 g/mol. The molecule has 0 N–H and O–H groups in total. The molecule has 1 aliphatic rings. The van der Waals surface area contributed by atoms with Crippen molar-refractivity contribution in [2.24, 2.45) is 5.92 Å². The molecule has 0 radical (unpaired) electrons. The molecule has 1 aliphatic heterocycles. The van der Waals surface area contributed by atoms with Crippen molar-refractivity contribution in [2.75, 3.05) is 24.5 Å². The molecular formula is C17H26ClN3O2. The number of ether oxygens (including phenoxy) is 1. The normalized spacial score (nSPS) is 22.7. The summed E-state index contributed by atoms with van der Waals surface area (Å²) in [4.78, 5) is 20.8. The van der Waals surface area contributed by atoms with Gasteiger partial charge in [-0.15, -0.1) is 0 Å². The first-order valence-electron chi connectivity index (χ1n) is 8.04. The molecule has 1 aromatic rings. The van der Waals surface area contributed by atoms with Crippen molar-refractivity contribution in [1.82, 2.24) is 9.88 Å². The van der Waals surface area contributed by atoms with Gasteiger partial charge in [0.25, 0.3) is 0 Å². The summed E-state index contributed by atoms with van der Waals surface area (Å²) in [5.41, 5.74) is -0.480. The van der Waals surface area contributed by atoms with Crippen molar-refractivity contribution in [2.45, 2.75) is 46.3 Å². The summed E-state index contributed by atoms with van der Waals surface area (Å²) in [6.45, 7) is 11.9. The summed E-state index contributed by atoms with van der Waals surface area (Å²) < 4.78 is 5.51. The quantitative estimate of drug-likeness (QED) is 0.730. The van der Waals surface area contributed by atoms with Crippen LogP contribution < -0.4 is 4.90 Å². The zero-order valence-corrected chi connectivity index (χ0v) is 15.3. The number of amides is 1. The Morgan fingerprint density at radius 3 is 2.61 bits per heavy atom. The van der Waals surface area contributed by atoms with E-state index in [1.54, 1.807) is 11.0 Å². The Hall–Kier alpha value is -1.49. The van der Waals surface area contributed by atoms with E-state index in [9.17, 15) is 4.79 Å². The number of carbonyl (C=O) groups excluding carboxylic acids is 1. The molecule has 1 unspecified atom stereocenters. The van der Waals surface area contributed by atoms with Gasteiger partial charge in [0.05, 0.1) is 0 Å². The van der Waals surface area contributed by atoms with Gasteiger partial charge in [-0.25, -0.2) is 9.78 Å². The molecule has 0 saturated carbocycles. The van der Waals surface area contributed by atoms with Gasteiger partial charge in [-0.1, -0.05) is 24.6 Å². The third-order valence-corrected chi connectivity index (χ3v) is 4.29. The van der Waals surface area contributed by atoms with Crippen molar-refractivity contribution in [3.8, 4) is 0 Å². The lowest BCUT2D eigenvalue weighted by Gasteiger charge is -2.31. The van der Waals surface area contributed by atoms with Gasteiger partial charge in [-0.3, -0.25) is 0 Å². The highest BCUT2D eigenvalue weighted by Gasteiger charge is 2.31. The van der Waals surface area contributed by atoms with E-state index in [1.807, 2.05) is 32.9 Å². The number of nitrogens with zero attached hydrogens (tertiary/aromatic N) is 3. The molecule has 1 saturated heterocycles. The number of pyridine rings is 1. The van der Waals surface area contributed by atoms with Crippen LogP contribution in [0.1, 0.15) is 34.6 Å². The van der Waals surface area contributed by atoms with Gasteiger partial charge in [-0.05, 0) is 45.7 Å². The number of rotatable bonds is 1. The molecule has 0 aromatic carbocycles. The second-order valence-electron chi connectivity index (χ2n) is 7.16. The van der Waals surface area contributed by atoms with Crippen molar-refractivity contribution in [3.05, 3.63) is 23.4 Å². The molecular weight excluding hydrogens is 314 g/mol. The number of hydrogen-bond acceptors (Lipinski definition) is 4. The number of aromatic nitrogens is 1. The second-order valence-corrected chi connectivity index (χ2v) is 7.54. The van der Waals surface area contributed by atoms with E-state index in [4.69, 9.17) is 16.3 Å². The maximum absolute atomic E-state index is 12.4. The summed E-state index contributed by atoms with van der Waals surface area (Å²) in [7, 11) is 0. The van der Waals surface area contributed by atoms with Gasteiger partial charge in [0.2, 0.25) is 0 Å². The minimum absolute atomic E-state index is 0.252. The van der Waals surface area contributed by atoms with Gasteiger partial charge < -0.3 is 14.5 Å². The van der Waals surface area contributed by atoms with Crippen LogP contribution >= 0.6 is 11.6 Å². The molecule has 128 valence electrons. The Kier molecular flexibility index (Phi) is 5.40. The van der Waals surface area contributed by atoms with Crippen LogP contribution in [0, 0.1) is 5.92 Å². The van der Waals surface area contributed by atoms with E-state index >= 15 is 0 Å². The van der Waals surface area contributed by atoms with Crippen LogP contribution in [0.15, 0.2) is 18.2 Å². The largest absolute Gasteiger partial charge is 0.444 e. The zero-order chi connectivity index (χ0) is 17.2. The summed E-state index contributed by atoms with van der Waals surface area (Å²) >= 11 is 6.02. The molecule has 5 nitrogen and oxygen atoms in total. The first kappa shape index (κ1) is 17.9. The summed E-state index contributed by atoms with van der Waals surface area (Å²) in [6.07, 6.45) is -0.252. The average Bonchev–Trinajstić information content (AvgIpc) is 2.57. The standard InChI is InChI=1S/C17H26ClN3O2/c1-12-11-20(16(22)23-17(3,4)5)9-10-21(13(12)2)15-8-6-7-14(18)19-15/h6-8,12-13H,9-11H2,1-5H3/t12?,13-/m1/s1. The smallest absolute Gasteiger partial charge is 0.410 e. The molecule has 6 heteroatoms. The van der Waals surface area contributed by atoms with Gasteiger partial charge >= 0.3 is 6.09 Å². The Morgan fingerprint density at radius 1 is 1.30 bits per heavy atom. The SMILES string of the molecule is CC1CN(C(=O)OC(C)(C)C)CCN(c2cccc(Cl)n2)[C@@H]1C. The molecule has 0 aliphatic carbocycles. The predicted molar refractivity (Wildman–Crippen MR) is 93.0 cm³/mol. The van der Waals surface area contributed by atoms with Crippen LogP contribution in [-0.4, -0.2) is 47.3 Å². The molecule has 2 heterocycles. The fraction of sp³-hybridized carbons (Fsp3) is 0.647. The molecule has 2 atom stereocenters. The minimum atomic E-state index is -0.480. The summed E-state index contributed by atoms with van der Waals surface area (Å²) in [5.74, 6) is 1.15. The van der Waals surface area contributed by atoms with Crippen LogP contribution in [-0.2, 0) is 4.74 Å². The Bertz CT molecular complexity index is 559. The van der Waals surface area contributed by atoms with Crippen LogP contribution in [0.2, 0.25) is 5.15 Å². The Balaban J connectivity index is 2.14. The lowest BCUT2D eigenvalue weighted by Crippen LogP contribution is -2.40. The lowest BCUT2D eigenvalue weighted by molar-refractivity contribution is 0.0242. The first-order valence-corrected chi connectivity index (χ1v) is 8.42. The second kappa shape index (κ2) is 6.95. The maximum atomic E-state index is 12.4. The van der Waals surface area contributed by atoms with E-state index in [0.29, 0.717) is 30.7 Å². The van der Waals surface area contributed by atoms with Crippen molar-refractivity contribution in [1.29, 1.82) is 0 Å². The molecule has 0 spiro atoms. The number of halogens is 1. The third-order valence-electron chi connectivity index (χ3n) is 4.08. The van der Waals surface area contributed by atoms with E-state index in [0.717, 1.165) is 5.82 Å². The predicted octanol–water partition coefficient (Wildman–Crippen LogP) is 3.82. The third kappa shape index (κ3) is 4.74. The number of carbonyl (C=O) groups is 1. The Morgan fingerprint density at radius 2 is 2.00 bits per heavy atom. The first-order chi connectivity index (χ1) is 10.7. The fourth-order valence-electron chi connectivity index (χ4n) is 2.70. The summed E-state index contributed by atoms with van der Waals surface area (Å²) in [5, 5.41) is 0.482. The van der Waals surface area contributed by atoms with Gasteiger partial charge in [0, 0.05) is 25.7 Å². The highest BCUT2D eigenvalue weighted by molar-refractivity contribution is 6.29. The van der Waals surface area contributed by atoms with Crippen LogP contribution in [0.3, 0.4) is 0 Å². The van der Waals surface area contributed by atoms with E-state index in [2.05, 4.69) is 23.7 Å². The molecule has 1 amide bonds. The fourth-order valence-corrected chi connectivity index (χ4v) is 2.86. The van der Waals surface area contributed by atoms with Gasteiger partial charge in [0.1, 0.15) is 16.6 Å². The van der Waals surface area contributed by atoms with Crippen molar-refractivity contribution in [3.63, 3.8) is 0 Å². The number of hydrogen-bond donors (Lipinski definition) is 0. The maximum Gasteiger partial charge on any atom is 0.410 e. The van der Waals surface area contributed by atoms with Gasteiger partial charge in [-0.2, -0.15) is 0 Å². The lowest BCUT2D eigenvalue weighted by atomic mass is 10.0. The number of anilines is 1. The van der Waals surface area contributed by atoms with E-state index in [1.165, 1.54) is 0 Å². The minimum Gasteiger partial charge on any atom is -0.444 e. The van der Waals surface area contributed by atoms with Gasteiger partial charge in [0.15, 0.2) is 0 Å². The summed E-state index contributed by atoms with van der Waals surface area (Å²) in [6, 6.07) is 5.88. The zero-order valence-electron chi connectivity index (χ0n) is 14.5. The van der Waals surface area contributed by atoms with Crippen LogP contribution in [0.4, 0.5) is 10.6 Å². The molecule has 1 fully saturated rings. The van der Waals surface area contributed by atoms with Crippen molar-refractivity contribution >= 4 is 23.5 Å². The van der Waals surface area contributed by atoms with Crippen LogP contribution in [0.5, 0.6) is 0 Å². The molecule has 23 heavy (non-hydrogen) atoms. The van der Waals surface area contributed by atoms with Crippen LogP contribution in [0.25, 0.3) is 0 Å². The topological polar surface area (TPSA) is 45.7 Å². The average molecular weight is 340 g/mol. The molecule has 1 aromatic heterocycles. The highest BCUT2D eigenvalue weighted by Crippen LogP contribution is 2.24. The molecule has 0 bridgehead atoms.